The van der Waals surface area contributed by atoms with Gasteiger partial charge in [-0.05, 0) is 38.5 Å². The molecular formula is C13H16NO2. The third kappa shape index (κ3) is 2.98. The monoisotopic (exact) mass is 218 g/mol. The molecule has 1 aromatic rings. The number of hydrogen-bond donors (Lipinski definition) is 1. The Hall–Kier alpha value is -1.53. The van der Waals surface area contributed by atoms with Gasteiger partial charge in [0.15, 0.2) is 0 Å². The number of aliphatic hydroxyl groups is 1. The molecule has 0 amide bonds. The highest BCUT2D eigenvalue weighted by molar-refractivity contribution is 5.46. The van der Waals surface area contributed by atoms with Gasteiger partial charge in [-0.3, -0.25) is 0 Å². The van der Waals surface area contributed by atoms with E-state index in [2.05, 4.69) is 13.0 Å². The Morgan fingerprint density at radius 3 is 2.69 bits per heavy atom. The summed E-state index contributed by atoms with van der Waals surface area (Å²) in [6, 6.07) is 7.38. The van der Waals surface area contributed by atoms with E-state index in [4.69, 9.17) is 15.1 Å². The summed E-state index contributed by atoms with van der Waals surface area (Å²) in [4.78, 5) is 0. The number of nitrogens with zero attached hydrogens (tertiary/aromatic N) is 1. The predicted octanol–water partition coefficient (Wildman–Crippen LogP) is 2.26. The highest BCUT2D eigenvalue weighted by Gasteiger charge is 2.10. The molecule has 0 spiro atoms. The maximum Gasteiger partial charge on any atom is 0.137 e. The van der Waals surface area contributed by atoms with Gasteiger partial charge in [-0.1, -0.05) is 6.07 Å². The Labute approximate surface area is 96.3 Å². The molecule has 1 aromatic carbocycles. The van der Waals surface area contributed by atoms with Gasteiger partial charge in [0.05, 0.1) is 11.7 Å². The summed E-state index contributed by atoms with van der Waals surface area (Å²) in [6.45, 7) is 7.58. The van der Waals surface area contributed by atoms with Crippen LogP contribution in [0.5, 0.6) is 5.75 Å². The van der Waals surface area contributed by atoms with Crippen LogP contribution >= 0.6 is 0 Å². The standard InChI is InChI=1S/C13H16NO2/c1-9(2)16-13-5-4-11(10(3)8-15)6-12(13)7-14/h4-6,9-10,15H,3,8H2,1-2H3. The number of ether oxygens (including phenoxy) is 1. The molecule has 3 nitrogen and oxygen atoms in total. The third-order valence-electron chi connectivity index (χ3n) is 2.18. The Balaban J connectivity index is 3.03. The fourth-order valence-corrected chi connectivity index (χ4v) is 1.35. The van der Waals surface area contributed by atoms with Crippen LogP contribution in [0.25, 0.3) is 0 Å². The number of rotatable bonds is 4. The van der Waals surface area contributed by atoms with E-state index < -0.39 is 0 Å². The highest BCUT2D eigenvalue weighted by atomic mass is 16.5. The fraction of sp³-hybridized carbons (Fsp3) is 0.385. The summed E-state index contributed by atoms with van der Waals surface area (Å²) < 4.78 is 5.50. The largest absolute Gasteiger partial charge is 0.490 e. The van der Waals surface area contributed by atoms with E-state index >= 15 is 0 Å². The maximum atomic E-state index is 9.00. The van der Waals surface area contributed by atoms with E-state index in [0.29, 0.717) is 11.3 Å². The zero-order valence-electron chi connectivity index (χ0n) is 9.60. The lowest BCUT2D eigenvalue weighted by Gasteiger charge is -2.14. The molecule has 1 radical (unpaired) electrons. The van der Waals surface area contributed by atoms with Crippen LogP contribution in [0.15, 0.2) is 18.2 Å². The highest BCUT2D eigenvalue weighted by Crippen LogP contribution is 2.24. The summed E-state index contributed by atoms with van der Waals surface area (Å²) in [7, 11) is 0. The van der Waals surface area contributed by atoms with Crippen LogP contribution in [0.1, 0.15) is 30.9 Å². The molecule has 1 unspecified atom stereocenters. The summed E-state index contributed by atoms with van der Waals surface area (Å²) in [5.74, 6) is 0.367. The van der Waals surface area contributed by atoms with Crippen LogP contribution in [0.4, 0.5) is 0 Å². The van der Waals surface area contributed by atoms with Gasteiger partial charge in [-0.25, -0.2) is 0 Å². The lowest BCUT2D eigenvalue weighted by molar-refractivity contribution is 0.241. The van der Waals surface area contributed by atoms with Crippen molar-refractivity contribution in [1.29, 1.82) is 5.26 Å². The van der Waals surface area contributed by atoms with E-state index in [1.54, 1.807) is 12.1 Å². The molecule has 0 heterocycles. The van der Waals surface area contributed by atoms with Gasteiger partial charge in [0, 0.05) is 12.5 Å². The average Bonchev–Trinajstić information content (AvgIpc) is 2.27. The first-order valence-corrected chi connectivity index (χ1v) is 5.23. The summed E-state index contributed by atoms with van der Waals surface area (Å²) in [6.07, 6.45) is 0.0336. The first kappa shape index (κ1) is 12.5. The quantitative estimate of drug-likeness (QED) is 0.843. The minimum absolute atomic E-state index is 0.0325. The van der Waals surface area contributed by atoms with Gasteiger partial charge in [0.1, 0.15) is 11.8 Å². The molecule has 85 valence electrons. The number of benzene rings is 1. The predicted molar refractivity (Wildman–Crippen MR) is 62.1 cm³/mol. The molecule has 0 aliphatic heterocycles. The summed E-state index contributed by atoms with van der Waals surface area (Å²) in [5, 5.41) is 18.0. The van der Waals surface area contributed by atoms with Crippen molar-refractivity contribution in [1.82, 2.24) is 0 Å². The Morgan fingerprint density at radius 2 is 2.19 bits per heavy atom. The molecule has 16 heavy (non-hydrogen) atoms. The zero-order valence-corrected chi connectivity index (χ0v) is 9.60. The van der Waals surface area contributed by atoms with Crippen molar-refractivity contribution in [2.75, 3.05) is 6.61 Å². The van der Waals surface area contributed by atoms with Gasteiger partial charge in [0.25, 0.3) is 0 Å². The van der Waals surface area contributed by atoms with Crippen LogP contribution in [0.3, 0.4) is 0 Å². The molecule has 0 fully saturated rings. The molecule has 3 heteroatoms. The second-order valence-corrected chi connectivity index (χ2v) is 3.91. The van der Waals surface area contributed by atoms with Crippen molar-refractivity contribution >= 4 is 0 Å². The molecule has 0 saturated heterocycles. The van der Waals surface area contributed by atoms with E-state index in [1.165, 1.54) is 0 Å². The summed E-state index contributed by atoms with van der Waals surface area (Å²) in [5.41, 5.74) is 1.32. The van der Waals surface area contributed by atoms with Crippen molar-refractivity contribution in [3.63, 3.8) is 0 Å². The molecular weight excluding hydrogens is 202 g/mol. The Bertz CT molecular complexity index is 393. The molecule has 0 aliphatic rings. The van der Waals surface area contributed by atoms with E-state index in [1.807, 2.05) is 19.9 Å². The van der Waals surface area contributed by atoms with Gasteiger partial charge >= 0.3 is 0 Å². The van der Waals surface area contributed by atoms with E-state index in [-0.39, 0.29) is 18.6 Å². The van der Waals surface area contributed by atoms with Crippen molar-refractivity contribution in [3.8, 4) is 11.8 Å². The lowest BCUT2D eigenvalue weighted by atomic mass is 10.00. The molecule has 0 bridgehead atoms. The van der Waals surface area contributed by atoms with Crippen LogP contribution in [-0.4, -0.2) is 17.8 Å². The summed E-state index contributed by atoms with van der Waals surface area (Å²) >= 11 is 0. The number of nitriles is 1. The first-order chi connectivity index (χ1) is 7.58. The van der Waals surface area contributed by atoms with Crippen molar-refractivity contribution in [2.24, 2.45) is 0 Å². The maximum absolute atomic E-state index is 9.00. The average molecular weight is 218 g/mol. The normalized spacial score (nSPS) is 12.2. The van der Waals surface area contributed by atoms with Crippen LogP contribution in [-0.2, 0) is 0 Å². The lowest BCUT2D eigenvalue weighted by Crippen LogP contribution is -2.07. The third-order valence-corrected chi connectivity index (χ3v) is 2.18. The van der Waals surface area contributed by atoms with E-state index in [0.717, 1.165) is 5.56 Å². The molecule has 1 N–H and O–H groups in total. The van der Waals surface area contributed by atoms with Crippen molar-refractivity contribution in [3.05, 3.63) is 36.2 Å². The topological polar surface area (TPSA) is 53.2 Å². The van der Waals surface area contributed by atoms with Gasteiger partial charge in [-0.2, -0.15) is 5.26 Å². The Morgan fingerprint density at radius 1 is 1.50 bits per heavy atom. The molecule has 0 aliphatic carbocycles. The van der Waals surface area contributed by atoms with Crippen LogP contribution < -0.4 is 4.74 Å². The van der Waals surface area contributed by atoms with E-state index in [9.17, 15) is 0 Å². The first-order valence-electron chi connectivity index (χ1n) is 5.23. The second-order valence-electron chi connectivity index (χ2n) is 3.91. The minimum atomic E-state index is -0.208. The van der Waals surface area contributed by atoms with Gasteiger partial charge in [-0.15, -0.1) is 0 Å². The van der Waals surface area contributed by atoms with Gasteiger partial charge in [0.2, 0.25) is 0 Å². The molecule has 1 rings (SSSR count). The van der Waals surface area contributed by atoms with Crippen molar-refractivity contribution in [2.45, 2.75) is 25.9 Å². The van der Waals surface area contributed by atoms with Crippen molar-refractivity contribution < 1.29 is 9.84 Å². The van der Waals surface area contributed by atoms with Gasteiger partial charge < -0.3 is 9.84 Å². The molecule has 0 saturated carbocycles. The number of aliphatic hydroxyl groups excluding tert-OH is 1. The zero-order chi connectivity index (χ0) is 12.1. The SMILES string of the molecule is [CH2]C(CO)c1ccc(OC(C)C)c(C#N)c1. The minimum Gasteiger partial charge on any atom is -0.490 e. The molecule has 0 aromatic heterocycles. The molecule has 1 atom stereocenters. The number of hydrogen-bond acceptors (Lipinski definition) is 3. The van der Waals surface area contributed by atoms with Crippen LogP contribution in [0.2, 0.25) is 0 Å². The van der Waals surface area contributed by atoms with Crippen LogP contribution in [0, 0.1) is 18.3 Å². The Kier molecular flexibility index (Phi) is 4.33. The fourth-order valence-electron chi connectivity index (χ4n) is 1.35. The smallest absolute Gasteiger partial charge is 0.137 e. The second kappa shape index (κ2) is 5.53.